The fourth-order valence-electron chi connectivity index (χ4n) is 8.20. The third-order valence-electron chi connectivity index (χ3n) is 11.0. The number of allylic oxidation sites excluding steroid dienone is 1. The zero-order valence-corrected chi connectivity index (χ0v) is 31.8. The van der Waals surface area contributed by atoms with Crippen molar-refractivity contribution in [3.05, 3.63) is 70.0 Å². The molecule has 12 heteroatoms. The van der Waals surface area contributed by atoms with Crippen LogP contribution in [0.3, 0.4) is 0 Å². The lowest BCUT2D eigenvalue weighted by Crippen LogP contribution is -2.47. The van der Waals surface area contributed by atoms with Crippen LogP contribution in [-0.2, 0) is 27.8 Å². The van der Waals surface area contributed by atoms with Crippen LogP contribution in [0.25, 0.3) is 33.8 Å². The molecule has 52 heavy (non-hydrogen) atoms. The molecule has 3 aliphatic rings. The maximum absolute atomic E-state index is 14.5. The molecular weight excluding hydrogens is 679 g/mol. The number of hydrogen-bond acceptors (Lipinski definition) is 7. The fourth-order valence-corrected chi connectivity index (χ4v) is 8.81. The van der Waals surface area contributed by atoms with Crippen LogP contribution in [0.5, 0.6) is 5.75 Å². The molecule has 0 bridgehead atoms. The van der Waals surface area contributed by atoms with Crippen molar-refractivity contribution in [3.63, 3.8) is 0 Å². The summed E-state index contributed by atoms with van der Waals surface area (Å²) in [5.41, 5.74) is 8.36. The minimum absolute atomic E-state index is 0.0650. The number of nitrogens with one attached hydrogen (secondary N) is 1. The van der Waals surface area contributed by atoms with Gasteiger partial charge in [-0.2, -0.15) is 5.10 Å². The lowest BCUT2D eigenvalue weighted by molar-refractivity contribution is 0.00352. The molecule has 2 aliphatic heterocycles. The average molecular weight is 728 g/mol. The van der Waals surface area contributed by atoms with Gasteiger partial charge < -0.3 is 18.9 Å². The van der Waals surface area contributed by atoms with E-state index in [2.05, 4.69) is 21.4 Å². The number of aromatic nitrogens is 3. The van der Waals surface area contributed by atoms with E-state index >= 15 is 0 Å². The Balaban J connectivity index is 1.48. The van der Waals surface area contributed by atoms with Crippen molar-refractivity contribution in [3.8, 4) is 17.0 Å². The molecule has 276 valence electrons. The standard InChI is InChI=1S/C40H49N5O6S/c1-7-45-37(35(26(5)41-45)40(47)43-17-18-51-23-25(43)4)30-19-29-20-31(50-6)14-16-32(29)38-36(27-11-9-8-10-12-27)33-15-13-28(21-34(33)44(38)22-30)39(46)42-52(48,49)24(2)3/h13-16,19-21,24-25,27H,7-12,17-18,22-23H2,1-6H3,(H,42,46). The van der Waals surface area contributed by atoms with Gasteiger partial charge in [0.15, 0.2) is 0 Å². The van der Waals surface area contributed by atoms with Gasteiger partial charge in [0.2, 0.25) is 10.0 Å². The highest BCUT2D eigenvalue weighted by Crippen LogP contribution is 2.48. The van der Waals surface area contributed by atoms with Crippen LogP contribution < -0.4 is 9.46 Å². The van der Waals surface area contributed by atoms with Gasteiger partial charge in [-0.1, -0.05) is 25.3 Å². The number of aryl methyl sites for hydroxylation is 2. The molecule has 0 radical (unpaired) electrons. The first kappa shape index (κ1) is 36.0. The van der Waals surface area contributed by atoms with Gasteiger partial charge in [-0.15, -0.1) is 0 Å². The lowest BCUT2D eigenvalue weighted by atomic mass is 9.81. The third kappa shape index (κ3) is 6.33. The van der Waals surface area contributed by atoms with E-state index in [-0.39, 0.29) is 17.5 Å². The number of benzene rings is 2. The summed E-state index contributed by atoms with van der Waals surface area (Å²) in [5.74, 6) is 0.312. The number of sulfonamides is 1. The third-order valence-corrected chi connectivity index (χ3v) is 12.7. The van der Waals surface area contributed by atoms with Gasteiger partial charge in [0, 0.05) is 35.1 Å². The van der Waals surface area contributed by atoms with Gasteiger partial charge >= 0.3 is 0 Å². The number of nitrogens with zero attached hydrogens (tertiary/aromatic N) is 4. The monoisotopic (exact) mass is 727 g/mol. The highest BCUT2D eigenvalue weighted by molar-refractivity contribution is 7.90. The highest BCUT2D eigenvalue weighted by atomic mass is 32.2. The average Bonchev–Trinajstić information content (AvgIpc) is 3.58. The molecule has 2 amide bonds. The highest BCUT2D eigenvalue weighted by Gasteiger charge is 2.35. The van der Waals surface area contributed by atoms with Crippen LogP contribution in [0, 0.1) is 6.92 Å². The molecule has 11 nitrogen and oxygen atoms in total. The predicted octanol–water partition coefficient (Wildman–Crippen LogP) is 6.77. The van der Waals surface area contributed by atoms with Crippen LogP contribution >= 0.6 is 0 Å². The number of methoxy groups -OCH3 is 1. The number of ether oxygens (including phenoxy) is 2. The van der Waals surface area contributed by atoms with Crippen molar-refractivity contribution >= 4 is 44.4 Å². The van der Waals surface area contributed by atoms with Gasteiger partial charge in [-0.05, 0) is 106 Å². The number of hydrogen-bond donors (Lipinski definition) is 1. The second kappa shape index (κ2) is 14.2. The smallest absolute Gasteiger partial charge is 0.264 e. The zero-order chi connectivity index (χ0) is 36.9. The molecule has 1 N–H and O–H groups in total. The Hall–Kier alpha value is -4.42. The van der Waals surface area contributed by atoms with Crippen LogP contribution in [0.2, 0.25) is 0 Å². The molecule has 0 spiro atoms. The lowest BCUT2D eigenvalue weighted by Gasteiger charge is -2.33. The van der Waals surface area contributed by atoms with Crippen molar-refractivity contribution in [2.45, 2.75) is 97.0 Å². The summed E-state index contributed by atoms with van der Waals surface area (Å²) in [4.78, 5) is 29.9. The van der Waals surface area contributed by atoms with Crippen molar-refractivity contribution in [1.82, 2.24) is 24.0 Å². The molecule has 2 aromatic heterocycles. The van der Waals surface area contributed by atoms with E-state index in [0.717, 1.165) is 70.4 Å². The minimum atomic E-state index is -3.84. The Kier molecular flexibility index (Phi) is 9.81. The topological polar surface area (TPSA) is 125 Å². The Morgan fingerprint density at radius 1 is 1.08 bits per heavy atom. The van der Waals surface area contributed by atoms with Crippen molar-refractivity contribution < 1.29 is 27.5 Å². The van der Waals surface area contributed by atoms with Crippen LogP contribution in [0.1, 0.15) is 109 Å². The van der Waals surface area contributed by atoms with E-state index in [4.69, 9.17) is 14.6 Å². The van der Waals surface area contributed by atoms with E-state index in [0.29, 0.717) is 50.0 Å². The summed E-state index contributed by atoms with van der Waals surface area (Å²) in [7, 11) is -2.18. The number of carbonyl (C=O) groups is 2. The van der Waals surface area contributed by atoms with Crippen molar-refractivity contribution in [2.24, 2.45) is 0 Å². The fraction of sp³-hybridized carbons (Fsp3) is 0.475. The maximum Gasteiger partial charge on any atom is 0.264 e. The number of carbonyl (C=O) groups excluding carboxylic acids is 2. The number of amides is 2. The SMILES string of the molecule is CCn1nc(C)c(C(=O)N2CCOCC2C)c1C1=Cc2cc(OC)ccc2-c2c(C3CCCCC3)c3ccc(C(=O)NS(=O)(=O)C(C)C)cc3n2C1. The normalized spacial score (nSPS) is 18.2. The second-order valence-electron chi connectivity index (χ2n) is 14.6. The molecule has 1 saturated carbocycles. The summed E-state index contributed by atoms with van der Waals surface area (Å²) >= 11 is 0. The van der Waals surface area contributed by atoms with E-state index in [1.807, 2.05) is 54.6 Å². The molecule has 1 saturated heterocycles. The number of rotatable bonds is 8. The number of morpholine rings is 1. The number of fused-ring (bicyclic) bond motifs is 5. The summed E-state index contributed by atoms with van der Waals surface area (Å²) in [5, 5.41) is 5.19. The first-order valence-electron chi connectivity index (χ1n) is 18.5. The molecule has 2 aromatic carbocycles. The van der Waals surface area contributed by atoms with Gasteiger partial charge in [0.25, 0.3) is 11.8 Å². The van der Waals surface area contributed by atoms with Gasteiger partial charge in [-0.25, -0.2) is 13.1 Å². The minimum Gasteiger partial charge on any atom is -0.497 e. The maximum atomic E-state index is 14.5. The quantitative estimate of drug-likeness (QED) is 0.212. The Morgan fingerprint density at radius 2 is 1.85 bits per heavy atom. The molecular formula is C40H49N5O6S. The summed E-state index contributed by atoms with van der Waals surface area (Å²) < 4.78 is 43.4. The van der Waals surface area contributed by atoms with Gasteiger partial charge in [0.05, 0.1) is 60.8 Å². The van der Waals surface area contributed by atoms with Crippen LogP contribution in [-0.4, -0.2) is 77.6 Å². The summed E-state index contributed by atoms with van der Waals surface area (Å²) in [6.07, 6.45) is 7.77. The molecule has 4 heterocycles. The van der Waals surface area contributed by atoms with Crippen molar-refractivity contribution in [1.29, 1.82) is 0 Å². The Morgan fingerprint density at radius 3 is 2.54 bits per heavy atom. The zero-order valence-electron chi connectivity index (χ0n) is 31.0. The largest absolute Gasteiger partial charge is 0.497 e. The van der Waals surface area contributed by atoms with Gasteiger partial charge in [0.1, 0.15) is 5.75 Å². The molecule has 1 unspecified atom stereocenters. The van der Waals surface area contributed by atoms with Crippen molar-refractivity contribution in [2.75, 3.05) is 26.9 Å². The first-order valence-corrected chi connectivity index (χ1v) is 20.1. The molecule has 1 aliphatic carbocycles. The summed E-state index contributed by atoms with van der Waals surface area (Å²) in [6, 6.07) is 11.6. The Labute approximate surface area is 306 Å². The van der Waals surface area contributed by atoms with Crippen LogP contribution in [0.4, 0.5) is 0 Å². The Bertz CT molecular complexity index is 2190. The first-order chi connectivity index (χ1) is 24.9. The molecule has 2 fully saturated rings. The van der Waals surface area contributed by atoms with E-state index in [9.17, 15) is 18.0 Å². The molecule has 4 aromatic rings. The van der Waals surface area contributed by atoms with E-state index in [1.165, 1.54) is 12.0 Å². The van der Waals surface area contributed by atoms with Gasteiger partial charge in [-0.3, -0.25) is 14.3 Å². The van der Waals surface area contributed by atoms with E-state index < -0.39 is 21.2 Å². The summed E-state index contributed by atoms with van der Waals surface area (Å²) in [6.45, 7) is 11.5. The predicted molar refractivity (Wildman–Crippen MR) is 203 cm³/mol. The van der Waals surface area contributed by atoms with E-state index in [1.54, 1.807) is 27.0 Å². The molecule has 1 atom stereocenters. The van der Waals surface area contributed by atoms with Crippen LogP contribution in [0.15, 0.2) is 36.4 Å². The molecule has 7 rings (SSSR count). The second-order valence-corrected chi connectivity index (χ2v) is 16.8.